The Balaban J connectivity index is 1.60. The summed E-state index contributed by atoms with van der Waals surface area (Å²) in [5.41, 5.74) is 3.09. The van der Waals surface area contributed by atoms with Crippen molar-refractivity contribution in [2.24, 2.45) is 0 Å². The van der Waals surface area contributed by atoms with Gasteiger partial charge in [0.15, 0.2) is 11.8 Å². The molecule has 1 saturated carbocycles. The number of carbonyl (C=O) groups is 2. The van der Waals surface area contributed by atoms with Crippen molar-refractivity contribution in [3.63, 3.8) is 0 Å². The Labute approximate surface area is 189 Å². The fourth-order valence-electron chi connectivity index (χ4n) is 3.57. The van der Waals surface area contributed by atoms with E-state index in [1.807, 2.05) is 54.8 Å². The number of benzene rings is 1. The third kappa shape index (κ3) is 3.89. The molecule has 0 saturated heterocycles. The largest absolute Gasteiger partial charge is 0.449 e. The van der Waals surface area contributed by atoms with Crippen molar-refractivity contribution in [3.05, 3.63) is 65.2 Å². The molecule has 3 heterocycles. The number of ether oxygens (including phenoxy) is 1. The quantitative estimate of drug-likeness (QED) is 0.447. The second-order valence-corrected chi connectivity index (χ2v) is 8.84. The molecule has 1 aromatic carbocycles. The number of para-hydroxylation sites is 1. The zero-order valence-electron chi connectivity index (χ0n) is 17.7. The minimum Gasteiger partial charge on any atom is -0.449 e. The van der Waals surface area contributed by atoms with Crippen LogP contribution in [0.1, 0.15) is 35.8 Å². The van der Waals surface area contributed by atoms with E-state index in [1.54, 1.807) is 17.7 Å². The van der Waals surface area contributed by atoms with Gasteiger partial charge in [-0.3, -0.25) is 4.79 Å². The van der Waals surface area contributed by atoms with E-state index in [9.17, 15) is 9.59 Å². The second kappa shape index (κ2) is 8.20. The van der Waals surface area contributed by atoms with Crippen LogP contribution in [0.2, 0.25) is 0 Å². The highest BCUT2D eigenvalue weighted by atomic mass is 32.1. The van der Waals surface area contributed by atoms with Crippen LogP contribution in [0.4, 0.5) is 0 Å². The molecule has 0 spiro atoms. The van der Waals surface area contributed by atoms with Crippen LogP contribution < -0.4 is 5.32 Å². The van der Waals surface area contributed by atoms with Crippen molar-refractivity contribution in [3.8, 4) is 16.3 Å². The number of hydrogen-bond donors (Lipinski definition) is 1. The second-order valence-electron chi connectivity index (χ2n) is 7.89. The van der Waals surface area contributed by atoms with Gasteiger partial charge in [-0.2, -0.15) is 5.10 Å². The molecule has 0 radical (unpaired) electrons. The van der Waals surface area contributed by atoms with E-state index in [4.69, 9.17) is 9.72 Å². The van der Waals surface area contributed by atoms with E-state index in [0.29, 0.717) is 28.0 Å². The lowest BCUT2D eigenvalue weighted by Gasteiger charge is -2.14. The number of thiophene rings is 1. The van der Waals surface area contributed by atoms with Crippen molar-refractivity contribution in [1.29, 1.82) is 0 Å². The number of carbonyl (C=O) groups excluding carboxylic acids is 2. The number of amides is 1. The number of pyridine rings is 1. The molecule has 1 aliphatic carbocycles. The van der Waals surface area contributed by atoms with Crippen molar-refractivity contribution in [2.75, 3.05) is 0 Å². The van der Waals surface area contributed by atoms with E-state index in [1.165, 1.54) is 11.3 Å². The third-order valence-electron chi connectivity index (χ3n) is 5.38. The summed E-state index contributed by atoms with van der Waals surface area (Å²) in [6, 6.07) is 15.5. The molecule has 8 heteroatoms. The summed E-state index contributed by atoms with van der Waals surface area (Å²) in [6.07, 6.45) is 1.06. The van der Waals surface area contributed by atoms with Crippen molar-refractivity contribution in [2.45, 2.75) is 38.8 Å². The van der Waals surface area contributed by atoms with Gasteiger partial charge >= 0.3 is 5.97 Å². The van der Waals surface area contributed by atoms with Gasteiger partial charge in [-0.25, -0.2) is 14.5 Å². The van der Waals surface area contributed by atoms with Gasteiger partial charge in [-0.15, -0.1) is 11.3 Å². The molecule has 3 aromatic heterocycles. The highest BCUT2D eigenvalue weighted by molar-refractivity contribution is 7.13. The number of aryl methyl sites for hydroxylation is 1. The Morgan fingerprint density at radius 3 is 2.66 bits per heavy atom. The number of fused-ring (bicyclic) bond motifs is 1. The number of nitrogens with one attached hydrogen (secondary N) is 1. The monoisotopic (exact) mass is 446 g/mol. The van der Waals surface area contributed by atoms with Crippen molar-refractivity contribution >= 4 is 34.2 Å². The lowest BCUT2D eigenvalue weighted by Crippen LogP contribution is -2.37. The number of aromatic nitrogens is 3. The summed E-state index contributed by atoms with van der Waals surface area (Å²) >= 11 is 1.54. The summed E-state index contributed by atoms with van der Waals surface area (Å²) in [5.74, 6) is -0.842. The normalized spacial score (nSPS) is 14.3. The average Bonchev–Trinajstić information content (AvgIpc) is 3.31. The molecule has 0 aliphatic heterocycles. The van der Waals surface area contributed by atoms with Gasteiger partial charge in [-0.05, 0) is 56.3 Å². The summed E-state index contributed by atoms with van der Waals surface area (Å²) in [6.45, 7) is 3.43. The summed E-state index contributed by atoms with van der Waals surface area (Å²) in [4.78, 5) is 31.3. The molecule has 1 atom stereocenters. The molecule has 5 rings (SSSR count). The first-order chi connectivity index (χ1) is 15.5. The van der Waals surface area contributed by atoms with Crippen LogP contribution in [0.25, 0.3) is 27.3 Å². The lowest BCUT2D eigenvalue weighted by atomic mass is 10.1. The number of rotatable bonds is 6. The number of esters is 1. The topological polar surface area (TPSA) is 86.1 Å². The molecule has 1 unspecified atom stereocenters. The van der Waals surface area contributed by atoms with Gasteiger partial charge in [0.1, 0.15) is 0 Å². The standard InChI is InChI=1S/C24H22N4O3S/c1-14-21-18(24(30)31-15(2)23(29)25-16-10-11-16)13-19(20-9-6-12-32-20)26-22(21)28(27-14)17-7-4-3-5-8-17/h3-9,12-13,15-16H,10-11H2,1-2H3,(H,25,29). The maximum absolute atomic E-state index is 13.2. The van der Waals surface area contributed by atoms with Crippen molar-refractivity contribution < 1.29 is 14.3 Å². The smallest absolute Gasteiger partial charge is 0.339 e. The average molecular weight is 447 g/mol. The molecule has 1 fully saturated rings. The molecule has 7 nitrogen and oxygen atoms in total. The third-order valence-corrected chi connectivity index (χ3v) is 6.28. The molecule has 1 N–H and O–H groups in total. The van der Waals surface area contributed by atoms with E-state index < -0.39 is 12.1 Å². The Morgan fingerprint density at radius 1 is 1.19 bits per heavy atom. The van der Waals surface area contributed by atoms with Crippen LogP contribution in [-0.4, -0.2) is 38.8 Å². The molecule has 32 heavy (non-hydrogen) atoms. The number of hydrogen-bond acceptors (Lipinski definition) is 6. The highest BCUT2D eigenvalue weighted by Crippen LogP contribution is 2.31. The zero-order valence-corrected chi connectivity index (χ0v) is 18.6. The zero-order chi connectivity index (χ0) is 22.2. The molecule has 162 valence electrons. The van der Waals surface area contributed by atoms with Crippen LogP contribution in [0, 0.1) is 6.92 Å². The highest BCUT2D eigenvalue weighted by Gasteiger charge is 2.29. The van der Waals surface area contributed by atoms with Gasteiger partial charge < -0.3 is 10.1 Å². The van der Waals surface area contributed by atoms with Gasteiger partial charge in [-0.1, -0.05) is 24.3 Å². The molecular formula is C24H22N4O3S. The Kier molecular flexibility index (Phi) is 5.22. The first-order valence-corrected chi connectivity index (χ1v) is 11.4. The van der Waals surface area contributed by atoms with E-state index in [2.05, 4.69) is 10.4 Å². The SMILES string of the molecule is Cc1nn(-c2ccccc2)c2nc(-c3cccs3)cc(C(=O)OC(C)C(=O)NC3CC3)c12. The first kappa shape index (κ1) is 20.4. The fourth-order valence-corrected chi connectivity index (χ4v) is 4.26. The minimum absolute atomic E-state index is 0.202. The molecule has 0 bridgehead atoms. The summed E-state index contributed by atoms with van der Waals surface area (Å²) in [7, 11) is 0. The van der Waals surface area contributed by atoms with Crippen LogP contribution >= 0.6 is 11.3 Å². The maximum atomic E-state index is 13.2. The predicted octanol–water partition coefficient (Wildman–Crippen LogP) is 4.28. The Bertz CT molecular complexity index is 1290. The molecule has 1 aliphatic rings. The molecule has 4 aromatic rings. The minimum atomic E-state index is -0.888. The first-order valence-electron chi connectivity index (χ1n) is 10.5. The van der Waals surface area contributed by atoms with Gasteiger partial charge in [0, 0.05) is 6.04 Å². The Hall–Kier alpha value is -3.52. The number of nitrogens with zero attached hydrogens (tertiary/aromatic N) is 3. The summed E-state index contributed by atoms with van der Waals surface area (Å²) in [5, 5.41) is 10.1. The molecular weight excluding hydrogens is 424 g/mol. The van der Waals surface area contributed by atoms with E-state index in [0.717, 1.165) is 23.4 Å². The van der Waals surface area contributed by atoms with Gasteiger partial charge in [0.25, 0.3) is 5.91 Å². The van der Waals surface area contributed by atoms with Crippen LogP contribution in [0.5, 0.6) is 0 Å². The van der Waals surface area contributed by atoms with Crippen LogP contribution in [-0.2, 0) is 9.53 Å². The Morgan fingerprint density at radius 2 is 1.97 bits per heavy atom. The van der Waals surface area contributed by atoms with Crippen molar-refractivity contribution in [1.82, 2.24) is 20.1 Å². The van der Waals surface area contributed by atoms with Crippen LogP contribution in [0.15, 0.2) is 53.9 Å². The lowest BCUT2D eigenvalue weighted by molar-refractivity contribution is -0.129. The van der Waals surface area contributed by atoms with Gasteiger partial charge in [0.2, 0.25) is 0 Å². The van der Waals surface area contributed by atoms with E-state index >= 15 is 0 Å². The maximum Gasteiger partial charge on any atom is 0.339 e. The molecule has 1 amide bonds. The summed E-state index contributed by atoms with van der Waals surface area (Å²) < 4.78 is 7.30. The van der Waals surface area contributed by atoms with Crippen LogP contribution in [0.3, 0.4) is 0 Å². The predicted molar refractivity (Wildman–Crippen MR) is 123 cm³/mol. The van der Waals surface area contributed by atoms with Gasteiger partial charge in [0.05, 0.1) is 32.9 Å². The van der Waals surface area contributed by atoms with E-state index in [-0.39, 0.29) is 11.9 Å². The fraction of sp³-hybridized carbons (Fsp3) is 0.250.